The Bertz CT molecular complexity index is 411. The van der Waals surface area contributed by atoms with Crippen molar-refractivity contribution in [2.24, 2.45) is 0 Å². The molecule has 0 aliphatic carbocycles. The molecule has 0 unspecified atom stereocenters. The number of aliphatic hydroxyl groups is 1. The molecule has 0 aliphatic rings. The van der Waals surface area contributed by atoms with Crippen molar-refractivity contribution in [3.63, 3.8) is 0 Å². The highest BCUT2D eigenvalue weighted by Gasteiger charge is 2.09. The van der Waals surface area contributed by atoms with Gasteiger partial charge in [-0.05, 0) is 18.2 Å². The highest BCUT2D eigenvalue weighted by atomic mass is 32.2. The lowest BCUT2D eigenvalue weighted by molar-refractivity contribution is 0.275. The van der Waals surface area contributed by atoms with Gasteiger partial charge in [-0.2, -0.15) is 0 Å². The fourth-order valence-corrected chi connectivity index (χ4v) is 1.57. The van der Waals surface area contributed by atoms with Gasteiger partial charge in [-0.3, -0.25) is 0 Å². The third kappa shape index (κ3) is 2.26. The van der Waals surface area contributed by atoms with Crippen LogP contribution in [0.1, 0.15) is 5.56 Å². The Morgan fingerprint density at radius 1 is 1.46 bits per heavy atom. The highest BCUT2D eigenvalue weighted by molar-refractivity contribution is 7.90. The van der Waals surface area contributed by atoms with Gasteiger partial charge in [0.25, 0.3) is 0 Å². The maximum Gasteiger partial charge on any atom is 0.175 e. The van der Waals surface area contributed by atoms with Gasteiger partial charge in [0.05, 0.1) is 11.5 Å². The molecule has 0 atom stereocenters. The van der Waals surface area contributed by atoms with Crippen molar-refractivity contribution in [3.8, 4) is 0 Å². The minimum absolute atomic E-state index is 0.0112. The third-order valence-electron chi connectivity index (χ3n) is 1.62. The monoisotopic (exact) mass is 204 g/mol. The average Bonchev–Trinajstić information content (AvgIpc) is 2.03. The molecule has 0 heterocycles. The lowest BCUT2D eigenvalue weighted by Crippen LogP contribution is -1.99. The van der Waals surface area contributed by atoms with Gasteiger partial charge in [0, 0.05) is 11.8 Å². The standard InChI is InChI=1S/C8H9FO3S/c1-13(11,12)7-2-3-8(9)6(4-7)5-10/h2-4,10H,5H2,1H3. The molecule has 5 heteroatoms. The topological polar surface area (TPSA) is 54.4 Å². The second kappa shape index (κ2) is 3.43. The predicted molar refractivity (Wildman–Crippen MR) is 45.4 cm³/mol. The summed E-state index contributed by atoms with van der Waals surface area (Å²) in [6, 6.07) is 3.33. The van der Waals surface area contributed by atoms with Crippen LogP contribution in [0.2, 0.25) is 0 Å². The van der Waals surface area contributed by atoms with Gasteiger partial charge in [0.1, 0.15) is 5.82 Å². The van der Waals surface area contributed by atoms with E-state index in [9.17, 15) is 12.8 Å². The summed E-state index contributed by atoms with van der Waals surface area (Å²) in [6.45, 7) is -0.505. The van der Waals surface area contributed by atoms with E-state index < -0.39 is 22.3 Å². The minimum atomic E-state index is -3.33. The van der Waals surface area contributed by atoms with Crippen LogP contribution in [0.5, 0.6) is 0 Å². The van der Waals surface area contributed by atoms with Crippen LogP contribution >= 0.6 is 0 Å². The summed E-state index contributed by atoms with van der Waals surface area (Å²) in [7, 11) is -3.33. The van der Waals surface area contributed by atoms with Gasteiger partial charge in [0.15, 0.2) is 9.84 Å². The molecular weight excluding hydrogens is 195 g/mol. The van der Waals surface area contributed by atoms with Crippen LogP contribution < -0.4 is 0 Å². The molecule has 0 bridgehead atoms. The van der Waals surface area contributed by atoms with E-state index in [4.69, 9.17) is 5.11 Å². The quantitative estimate of drug-likeness (QED) is 0.722. The first-order chi connectivity index (χ1) is 5.95. The zero-order valence-corrected chi connectivity index (χ0v) is 7.81. The van der Waals surface area contributed by atoms with Crippen molar-refractivity contribution in [1.29, 1.82) is 0 Å². The van der Waals surface area contributed by atoms with Gasteiger partial charge in [0.2, 0.25) is 0 Å². The first-order valence-electron chi connectivity index (χ1n) is 3.54. The van der Waals surface area contributed by atoms with Crippen LogP contribution in [-0.4, -0.2) is 19.8 Å². The molecule has 0 amide bonds. The van der Waals surface area contributed by atoms with Crippen LogP contribution in [0.3, 0.4) is 0 Å². The van der Waals surface area contributed by atoms with Crippen LogP contribution in [0.25, 0.3) is 0 Å². The first-order valence-corrected chi connectivity index (χ1v) is 5.43. The lowest BCUT2D eigenvalue weighted by Gasteiger charge is -2.02. The van der Waals surface area contributed by atoms with Gasteiger partial charge < -0.3 is 5.11 Å². The van der Waals surface area contributed by atoms with Gasteiger partial charge >= 0.3 is 0 Å². The van der Waals surface area contributed by atoms with Crippen molar-refractivity contribution in [2.75, 3.05) is 6.26 Å². The van der Waals surface area contributed by atoms with Gasteiger partial charge in [-0.15, -0.1) is 0 Å². The van der Waals surface area contributed by atoms with Gasteiger partial charge in [-0.1, -0.05) is 0 Å². The smallest absolute Gasteiger partial charge is 0.175 e. The maximum absolute atomic E-state index is 12.8. The summed E-state index contributed by atoms with van der Waals surface area (Å²) in [5.74, 6) is -0.602. The number of aliphatic hydroxyl groups excluding tert-OH is 1. The zero-order chi connectivity index (χ0) is 10.1. The Morgan fingerprint density at radius 2 is 2.08 bits per heavy atom. The average molecular weight is 204 g/mol. The lowest BCUT2D eigenvalue weighted by atomic mass is 10.2. The molecule has 1 rings (SSSR count). The Balaban J connectivity index is 3.30. The number of hydrogen-bond donors (Lipinski definition) is 1. The highest BCUT2D eigenvalue weighted by Crippen LogP contribution is 2.14. The Labute approximate surface area is 75.7 Å². The minimum Gasteiger partial charge on any atom is -0.392 e. The van der Waals surface area contributed by atoms with E-state index in [-0.39, 0.29) is 10.5 Å². The molecule has 72 valence electrons. The normalized spacial score (nSPS) is 11.6. The molecule has 0 radical (unpaired) electrons. The molecule has 0 spiro atoms. The van der Waals surface area contributed by atoms with Gasteiger partial charge in [-0.25, -0.2) is 12.8 Å². The van der Waals surface area contributed by atoms with Crippen molar-refractivity contribution < 1.29 is 17.9 Å². The van der Waals surface area contributed by atoms with Crippen LogP contribution in [0, 0.1) is 5.82 Å². The van der Waals surface area contributed by atoms with E-state index in [1.165, 1.54) is 6.07 Å². The second-order valence-corrected chi connectivity index (χ2v) is 4.70. The summed E-state index contributed by atoms with van der Waals surface area (Å²) in [5.41, 5.74) is -0.0112. The molecule has 0 saturated carbocycles. The van der Waals surface area contributed by atoms with Crippen molar-refractivity contribution in [3.05, 3.63) is 29.6 Å². The molecule has 0 fully saturated rings. The number of halogens is 1. The SMILES string of the molecule is CS(=O)(=O)c1ccc(F)c(CO)c1. The fraction of sp³-hybridized carbons (Fsp3) is 0.250. The van der Waals surface area contributed by atoms with E-state index in [1.807, 2.05) is 0 Å². The van der Waals surface area contributed by atoms with E-state index in [0.29, 0.717) is 0 Å². The molecule has 0 aliphatic heterocycles. The molecule has 1 aromatic rings. The Kier molecular flexibility index (Phi) is 2.68. The number of benzene rings is 1. The van der Waals surface area contributed by atoms with E-state index >= 15 is 0 Å². The molecule has 1 N–H and O–H groups in total. The van der Waals surface area contributed by atoms with Crippen LogP contribution in [0.4, 0.5) is 4.39 Å². The van der Waals surface area contributed by atoms with Crippen molar-refractivity contribution in [1.82, 2.24) is 0 Å². The Hall–Kier alpha value is -0.940. The molecule has 3 nitrogen and oxygen atoms in total. The fourth-order valence-electron chi connectivity index (χ4n) is 0.903. The summed E-state index contributed by atoms with van der Waals surface area (Å²) in [6.07, 6.45) is 1.03. The van der Waals surface area contributed by atoms with Crippen molar-refractivity contribution in [2.45, 2.75) is 11.5 Å². The summed E-state index contributed by atoms with van der Waals surface area (Å²) in [5, 5.41) is 8.67. The summed E-state index contributed by atoms with van der Waals surface area (Å²) in [4.78, 5) is 0.0120. The number of hydrogen-bond acceptors (Lipinski definition) is 3. The van der Waals surface area contributed by atoms with E-state index in [2.05, 4.69) is 0 Å². The Morgan fingerprint density at radius 3 is 2.54 bits per heavy atom. The molecule has 0 saturated heterocycles. The number of rotatable bonds is 2. The first kappa shape index (κ1) is 10.1. The molecule has 13 heavy (non-hydrogen) atoms. The number of sulfone groups is 1. The molecule has 1 aromatic carbocycles. The van der Waals surface area contributed by atoms with Crippen molar-refractivity contribution >= 4 is 9.84 Å². The summed E-state index contributed by atoms with van der Waals surface area (Å²) < 4.78 is 34.8. The second-order valence-electron chi connectivity index (χ2n) is 2.68. The molecular formula is C8H9FO3S. The van der Waals surface area contributed by atoms with Crippen LogP contribution in [0.15, 0.2) is 23.1 Å². The largest absolute Gasteiger partial charge is 0.392 e. The predicted octanol–water partition coefficient (Wildman–Crippen LogP) is 0.722. The zero-order valence-electron chi connectivity index (χ0n) is 6.99. The maximum atomic E-state index is 12.8. The van der Waals surface area contributed by atoms with E-state index in [0.717, 1.165) is 18.4 Å². The third-order valence-corrected chi connectivity index (χ3v) is 2.73. The molecule has 0 aromatic heterocycles. The summed E-state index contributed by atoms with van der Waals surface area (Å²) >= 11 is 0. The van der Waals surface area contributed by atoms with E-state index in [1.54, 1.807) is 0 Å². The van der Waals surface area contributed by atoms with Crippen LogP contribution in [-0.2, 0) is 16.4 Å².